The molecular weight excluding hydrogens is 395 g/mol. The maximum Gasteiger partial charge on any atom is 0.573 e. The van der Waals surface area contributed by atoms with Crippen LogP contribution >= 0.6 is 0 Å². The van der Waals surface area contributed by atoms with Crippen LogP contribution in [0.5, 0.6) is 5.75 Å². The van der Waals surface area contributed by atoms with Crippen LogP contribution in [0, 0.1) is 0 Å². The first-order valence-corrected chi connectivity index (χ1v) is 10.0. The third-order valence-corrected chi connectivity index (χ3v) is 4.86. The van der Waals surface area contributed by atoms with Gasteiger partial charge in [-0.15, -0.1) is 13.2 Å². The minimum absolute atomic E-state index is 0.156. The average Bonchev–Trinajstić information content (AvgIpc) is 2.65. The fourth-order valence-electron chi connectivity index (χ4n) is 3.30. The van der Waals surface area contributed by atoms with Crippen molar-refractivity contribution < 1.29 is 17.9 Å². The van der Waals surface area contributed by atoms with E-state index in [1.165, 1.54) is 12.1 Å². The number of ether oxygens (including phenoxy) is 1. The van der Waals surface area contributed by atoms with E-state index in [0.717, 1.165) is 54.6 Å². The summed E-state index contributed by atoms with van der Waals surface area (Å²) in [7, 11) is 4.02. The highest BCUT2D eigenvalue weighted by molar-refractivity contribution is 5.52. The molecule has 3 rings (SSSR count). The van der Waals surface area contributed by atoms with Gasteiger partial charge in [0, 0.05) is 38.2 Å². The van der Waals surface area contributed by atoms with Crippen molar-refractivity contribution >= 4 is 11.6 Å². The maximum atomic E-state index is 12.6. The minimum Gasteiger partial charge on any atom is -0.406 e. The van der Waals surface area contributed by atoms with E-state index in [1.807, 2.05) is 34.0 Å². The number of hydrogen-bond donors (Lipinski definition) is 1. The van der Waals surface area contributed by atoms with Crippen LogP contribution in [0.2, 0.25) is 0 Å². The molecule has 0 saturated heterocycles. The second kappa shape index (κ2) is 9.07. The summed E-state index contributed by atoms with van der Waals surface area (Å²) in [5, 5.41) is 3.34. The van der Waals surface area contributed by atoms with Crippen molar-refractivity contribution in [2.75, 3.05) is 43.9 Å². The molecule has 1 aromatic heterocycles. The fourth-order valence-corrected chi connectivity index (χ4v) is 3.30. The molecule has 1 aliphatic rings. The van der Waals surface area contributed by atoms with Gasteiger partial charge in [0.25, 0.3) is 0 Å². The lowest BCUT2D eigenvalue weighted by Crippen LogP contribution is -2.31. The van der Waals surface area contributed by atoms with E-state index in [1.54, 1.807) is 6.07 Å². The zero-order valence-corrected chi connectivity index (χ0v) is 17.8. The number of halogens is 3. The van der Waals surface area contributed by atoms with Gasteiger partial charge in [-0.05, 0) is 43.8 Å². The van der Waals surface area contributed by atoms with Gasteiger partial charge in [-0.1, -0.05) is 19.9 Å². The normalized spacial score (nSPS) is 14.2. The standard InChI is InChI=1S/C21H28F3N5O/c1-14(2)20-26-18(25-8-10-28(3)4)12-19(27-20)29-9-7-15-5-6-17(11-16(15)13-29)30-21(22,23)24/h5-6,11-12,14H,7-10,13H2,1-4H3,(H,25,26,27). The number of nitrogens with one attached hydrogen (secondary N) is 1. The summed E-state index contributed by atoms with van der Waals surface area (Å²) in [5.41, 5.74) is 1.85. The largest absolute Gasteiger partial charge is 0.573 e. The predicted molar refractivity (Wildman–Crippen MR) is 111 cm³/mol. The van der Waals surface area contributed by atoms with E-state index in [-0.39, 0.29) is 11.7 Å². The molecule has 6 nitrogen and oxygen atoms in total. The molecule has 0 saturated carbocycles. The van der Waals surface area contributed by atoms with Gasteiger partial charge in [-0.3, -0.25) is 0 Å². The number of rotatable bonds is 7. The molecule has 1 aromatic carbocycles. The van der Waals surface area contributed by atoms with Gasteiger partial charge in [0.05, 0.1) is 0 Å². The Balaban J connectivity index is 1.82. The van der Waals surface area contributed by atoms with Crippen LogP contribution in [0.4, 0.5) is 24.8 Å². The summed E-state index contributed by atoms with van der Waals surface area (Å²) in [6.07, 6.45) is -3.97. The molecular formula is C21H28F3N5O. The van der Waals surface area contributed by atoms with Crippen LogP contribution in [0.15, 0.2) is 24.3 Å². The highest BCUT2D eigenvalue weighted by Gasteiger charge is 2.31. The average molecular weight is 423 g/mol. The lowest BCUT2D eigenvalue weighted by atomic mass is 9.99. The minimum atomic E-state index is -4.70. The van der Waals surface area contributed by atoms with Crippen LogP contribution in [0.3, 0.4) is 0 Å². The molecule has 164 valence electrons. The number of benzene rings is 1. The van der Waals surface area contributed by atoms with E-state index in [9.17, 15) is 13.2 Å². The smallest absolute Gasteiger partial charge is 0.406 e. The third kappa shape index (κ3) is 5.98. The summed E-state index contributed by atoms with van der Waals surface area (Å²) in [6.45, 7) is 6.90. The highest BCUT2D eigenvalue weighted by atomic mass is 19.4. The number of fused-ring (bicyclic) bond motifs is 1. The second-order valence-electron chi connectivity index (χ2n) is 8.00. The summed E-state index contributed by atoms with van der Waals surface area (Å²) in [4.78, 5) is 13.5. The van der Waals surface area contributed by atoms with Crippen molar-refractivity contribution in [1.29, 1.82) is 0 Å². The van der Waals surface area contributed by atoms with Crippen molar-refractivity contribution in [1.82, 2.24) is 14.9 Å². The number of likely N-dealkylation sites (N-methyl/N-ethyl adjacent to an activating group) is 1. The summed E-state index contributed by atoms with van der Waals surface area (Å²) in [5.74, 6) is 2.22. The van der Waals surface area contributed by atoms with E-state index in [0.29, 0.717) is 6.54 Å². The first-order valence-electron chi connectivity index (χ1n) is 10.0. The molecule has 2 heterocycles. The molecule has 2 aromatic rings. The number of anilines is 2. The molecule has 0 unspecified atom stereocenters. The predicted octanol–water partition coefficient (Wildman–Crippen LogP) is 4.03. The van der Waals surface area contributed by atoms with Crippen molar-refractivity contribution in [2.45, 2.75) is 39.1 Å². The van der Waals surface area contributed by atoms with Gasteiger partial charge in [0.2, 0.25) is 0 Å². The maximum absolute atomic E-state index is 12.6. The van der Waals surface area contributed by atoms with Gasteiger partial charge in [0.1, 0.15) is 23.2 Å². The monoisotopic (exact) mass is 423 g/mol. The Morgan fingerprint density at radius 2 is 1.93 bits per heavy atom. The number of hydrogen-bond acceptors (Lipinski definition) is 6. The van der Waals surface area contributed by atoms with Crippen molar-refractivity contribution in [2.24, 2.45) is 0 Å². The molecule has 1 aliphatic heterocycles. The molecule has 0 radical (unpaired) electrons. The summed E-state index contributed by atoms with van der Waals surface area (Å²) < 4.78 is 41.8. The molecule has 0 fully saturated rings. The van der Waals surface area contributed by atoms with Crippen LogP contribution in [0.1, 0.15) is 36.7 Å². The van der Waals surface area contributed by atoms with Gasteiger partial charge >= 0.3 is 6.36 Å². The zero-order valence-electron chi connectivity index (χ0n) is 17.8. The molecule has 0 atom stereocenters. The van der Waals surface area contributed by atoms with Crippen LogP contribution in [-0.4, -0.2) is 55.0 Å². The third-order valence-electron chi connectivity index (χ3n) is 4.86. The van der Waals surface area contributed by atoms with Gasteiger partial charge < -0.3 is 19.9 Å². The molecule has 0 spiro atoms. The fraction of sp³-hybridized carbons (Fsp3) is 0.524. The van der Waals surface area contributed by atoms with Gasteiger partial charge in [-0.2, -0.15) is 0 Å². The van der Waals surface area contributed by atoms with E-state index < -0.39 is 6.36 Å². The van der Waals surface area contributed by atoms with E-state index >= 15 is 0 Å². The molecule has 0 amide bonds. The molecule has 0 aliphatic carbocycles. The van der Waals surface area contributed by atoms with Crippen LogP contribution in [-0.2, 0) is 13.0 Å². The van der Waals surface area contributed by atoms with Crippen LogP contribution in [0.25, 0.3) is 0 Å². The van der Waals surface area contributed by atoms with Crippen molar-refractivity contribution in [3.63, 3.8) is 0 Å². The molecule has 30 heavy (non-hydrogen) atoms. The number of aromatic nitrogens is 2. The lowest BCUT2D eigenvalue weighted by Gasteiger charge is -2.30. The van der Waals surface area contributed by atoms with Gasteiger partial charge in [0.15, 0.2) is 0 Å². The Morgan fingerprint density at radius 1 is 1.17 bits per heavy atom. The van der Waals surface area contributed by atoms with Crippen LogP contribution < -0.4 is 15.0 Å². The van der Waals surface area contributed by atoms with Crippen molar-refractivity contribution in [3.8, 4) is 5.75 Å². The Hall–Kier alpha value is -2.55. The quantitative estimate of drug-likeness (QED) is 0.726. The lowest BCUT2D eigenvalue weighted by molar-refractivity contribution is -0.274. The summed E-state index contributed by atoms with van der Waals surface area (Å²) in [6, 6.07) is 6.45. The summed E-state index contributed by atoms with van der Waals surface area (Å²) >= 11 is 0. The van der Waals surface area contributed by atoms with Gasteiger partial charge in [-0.25, -0.2) is 9.97 Å². The van der Waals surface area contributed by atoms with E-state index in [4.69, 9.17) is 4.98 Å². The molecule has 0 bridgehead atoms. The molecule has 9 heteroatoms. The number of nitrogens with zero attached hydrogens (tertiary/aromatic N) is 4. The highest BCUT2D eigenvalue weighted by Crippen LogP contribution is 2.30. The Morgan fingerprint density at radius 3 is 2.60 bits per heavy atom. The Bertz CT molecular complexity index is 870. The second-order valence-corrected chi connectivity index (χ2v) is 8.00. The first kappa shape index (κ1) is 22.1. The number of alkyl halides is 3. The zero-order chi connectivity index (χ0) is 21.9. The first-order chi connectivity index (χ1) is 14.1. The van der Waals surface area contributed by atoms with Crippen molar-refractivity contribution in [3.05, 3.63) is 41.2 Å². The Kier molecular flexibility index (Phi) is 6.70. The SMILES string of the molecule is CC(C)c1nc(NCCN(C)C)cc(N2CCc3ccc(OC(F)(F)F)cc3C2)n1. The Labute approximate surface area is 175 Å². The topological polar surface area (TPSA) is 53.5 Å². The molecule has 1 N–H and O–H groups in total. The van der Waals surface area contributed by atoms with E-state index in [2.05, 4.69) is 24.8 Å².